The van der Waals surface area contributed by atoms with E-state index >= 15 is 0 Å². The van der Waals surface area contributed by atoms with Gasteiger partial charge in [-0.1, -0.05) is 0 Å². The monoisotopic (exact) mass is 294 g/mol. The Morgan fingerprint density at radius 3 is 2.26 bits per heavy atom. The summed E-state index contributed by atoms with van der Waals surface area (Å²) in [5.74, 6) is -2.75. The minimum atomic E-state index is -2.75. The van der Waals surface area contributed by atoms with Crippen LogP contribution in [0.5, 0.6) is 0 Å². The third-order valence-corrected chi connectivity index (χ3v) is 5.93. The molecule has 2 rings (SSSR count). The van der Waals surface area contributed by atoms with E-state index in [0.29, 0.717) is 6.42 Å². The van der Waals surface area contributed by atoms with Crippen LogP contribution in [0.3, 0.4) is 0 Å². The Balaban J connectivity index is 2.19. The van der Waals surface area contributed by atoms with Crippen LogP contribution in [-0.4, -0.2) is 34.0 Å². The van der Waals surface area contributed by atoms with E-state index in [1.165, 1.54) is 0 Å². The molecule has 6 heteroatoms. The van der Waals surface area contributed by atoms with E-state index in [2.05, 4.69) is 10.0 Å². The largest absolute Gasteiger partial charge is 0.317 e. The normalized spacial score (nSPS) is 31.5. The zero-order valence-corrected chi connectivity index (χ0v) is 12.7. The molecule has 0 unspecified atom stereocenters. The molecule has 1 heterocycles. The van der Waals surface area contributed by atoms with Gasteiger partial charge in [0.05, 0.1) is 21.8 Å². The number of rotatable bonds is 2. The molecule has 3 nitrogen and oxygen atoms in total. The van der Waals surface area contributed by atoms with Crippen LogP contribution >= 0.6 is 0 Å². The quantitative estimate of drug-likeness (QED) is 0.820. The molecule has 0 radical (unpaired) electrons. The van der Waals surface area contributed by atoms with Gasteiger partial charge < -0.3 is 5.32 Å². The first-order valence-corrected chi connectivity index (χ1v) is 8.09. The lowest BCUT2D eigenvalue weighted by Crippen LogP contribution is -2.56. The topological polar surface area (TPSA) is 41.1 Å². The van der Waals surface area contributed by atoms with E-state index in [1.807, 2.05) is 0 Å². The lowest BCUT2D eigenvalue weighted by Gasteiger charge is -2.41. The highest BCUT2D eigenvalue weighted by Crippen LogP contribution is 2.52. The van der Waals surface area contributed by atoms with Crippen LogP contribution in [0.4, 0.5) is 8.78 Å². The summed E-state index contributed by atoms with van der Waals surface area (Å²) in [6.45, 7) is 6.96. The standard InChI is InChI=1S/C13H24F2N2OS/c1-11(2,3)19(18)17-10-12(4-5-13(10,14)15)6-8-16-9-7-12/h10,16-17H,4-9H2,1-3H3/t10-,19-/m1/s1. The van der Waals surface area contributed by atoms with E-state index in [0.717, 1.165) is 25.9 Å². The molecule has 112 valence electrons. The molecule has 0 bridgehead atoms. The summed E-state index contributed by atoms with van der Waals surface area (Å²) >= 11 is 0. The van der Waals surface area contributed by atoms with Gasteiger partial charge in [-0.3, -0.25) is 0 Å². The molecule has 1 spiro atoms. The van der Waals surface area contributed by atoms with Gasteiger partial charge in [0.15, 0.2) is 0 Å². The van der Waals surface area contributed by atoms with Gasteiger partial charge >= 0.3 is 0 Å². The van der Waals surface area contributed by atoms with Crippen molar-refractivity contribution >= 4 is 11.0 Å². The molecule has 1 aliphatic carbocycles. The lowest BCUT2D eigenvalue weighted by molar-refractivity contribution is -0.0348. The Morgan fingerprint density at radius 1 is 1.16 bits per heavy atom. The van der Waals surface area contributed by atoms with Gasteiger partial charge in [0.2, 0.25) is 0 Å². The van der Waals surface area contributed by atoms with E-state index in [-0.39, 0.29) is 6.42 Å². The number of halogens is 2. The minimum Gasteiger partial charge on any atom is -0.317 e. The Labute approximate surface area is 116 Å². The van der Waals surface area contributed by atoms with E-state index in [9.17, 15) is 13.0 Å². The van der Waals surface area contributed by atoms with Crippen LogP contribution in [0.15, 0.2) is 0 Å². The number of nitrogens with one attached hydrogen (secondary N) is 2. The SMILES string of the molecule is CC(C)(C)[S@@](=O)N[C@H]1C(F)(F)CCC12CCNCC2. The van der Waals surface area contributed by atoms with Crippen molar-refractivity contribution in [3.8, 4) is 0 Å². The van der Waals surface area contributed by atoms with Crippen molar-refractivity contribution in [3.63, 3.8) is 0 Å². The van der Waals surface area contributed by atoms with Crippen LogP contribution in [0.2, 0.25) is 0 Å². The second-order valence-corrected chi connectivity index (χ2v) is 8.80. The van der Waals surface area contributed by atoms with Crippen molar-refractivity contribution in [1.82, 2.24) is 10.0 Å². The molecule has 19 heavy (non-hydrogen) atoms. The molecule has 0 aromatic carbocycles. The van der Waals surface area contributed by atoms with E-state index in [4.69, 9.17) is 0 Å². The maximum absolute atomic E-state index is 14.2. The second-order valence-electron chi connectivity index (χ2n) is 6.81. The van der Waals surface area contributed by atoms with Gasteiger partial charge in [0, 0.05) is 6.42 Å². The summed E-state index contributed by atoms with van der Waals surface area (Å²) in [5, 5.41) is 3.22. The summed E-state index contributed by atoms with van der Waals surface area (Å²) in [4.78, 5) is 0. The van der Waals surface area contributed by atoms with Gasteiger partial charge in [-0.05, 0) is 58.5 Å². The fourth-order valence-electron chi connectivity index (χ4n) is 3.11. The van der Waals surface area contributed by atoms with Gasteiger partial charge in [-0.2, -0.15) is 0 Å². The molecule has 0 aromatic heterocycles. The zero-order valence-electron chi connectivity index (χ0n) is 11.9. The Bertz CT molecular complexity index is 362. The highest BCUT2D eigenvalue weighted by Gasteiger charge is 2.59. The predicted octanol–water partition coefficient (Wildman–Crippen LogP) is 2.21. The fraction of sp³-hybridized carbons (Fsp3) is 1.00. The van der Waals surface area contributed by atoms with Crippen molar-refractivity contribution in [1.29, 1.82) is 0 Å². The Morgan fingerprint density at radius 2 is 1.74 bits per heavy atom. The second kappa shape index (κ2) is 5.04. The van der Waals surface area contributed by atoms with E-state index in [1.54, 1.807) is 20.8 Å². The number of hydrogen-bond donors (Lipinski definition) is 2. The maximum atomic E-state index is 14.2. The highest BCUT2D eigenvalue weighted by molar-refractivity contribution is 7.84. The fourth-order valence-corrected chi connectivity index (χ4v) is 4.10. The van der Waals surface area contributed by atoms with Crippen molar-refractivity contribution in [2.45, 2.75) is 63.2 Å². The molecular formula is C13H24F2N2OS. The summed E-state index contributed by atoms with van der Waals surface area (Å²) in [6.07, 6.45) is 1.91. The minimum absolute atomic E-state index is 0.0913. The molecule has 1 aliphatic heterocycles. The van der Waals surface area contributed by atoms with Crippen molar-refractivity contribution < 1.29 is 13.0 Å². The van der Waals surface area contributed by atoms with Crippen LogP contribution in [0.25, 0.3) is 0 Å². The molecule has 0 amide bonds. The average Bonchev–Trinajstić information content (AvgIpc) is 2.54. The first-order chi connectivity index (χ1) is 8.67. The number of piperidine rings is 1. The third-order valence-electron chi connectivity index (χ3n) is 4.37. The Hall–Kier alpha value is -0.0700. The maximum Gasteiger partial charge on any atom is 0.264 e. The van der Waals surface area contributed by atoms with Crippen molar-refractivity contribution in [3.05, 3.63) is 0 Å². The van der Waals surface area contributed by atoms with Gasteiger partial charge in [0.1, 0.15) is 0 Å². The van der Waals surface area contributed by atoms with E-state index < -0.39 is 33.1 Å². The summed E-state index contributed by atoms with van der Waals surface area (Å²) in [7, 11) is -1.45. The highest BCUT2D eigenvalue weighted by atomic mass is 32.2. The van der Waals surface area contributed by atoms with Crippen molar-refractivity contribution in [2.24, 2.45) is 5.41 Å². The molecule has 0 aromatic rings. The first kappa shape index (κ1) is 15.3. The number of hydrogen-bond acceptors (Lipinski definition) is 2. The summed E-state index contributed by atoms with van der Waals surface area (Å²) in [6, 6.07) is -0.956. The molecule has 2 N–H and O–H groups in total. The summed E-state index contributed by atoms with van der Waals surface area (Å²) < 4.78 is 42.8. The van der Waals surface area contributed by atoms with Gasteiger partial charge in [-0.25, -0.2) is 17.7 Å². The predicted molar refractivity (Wildman–Crippen MR) is 73.5 cm³/mol. The van der Waals surface area contributed by atoms with Gasteiger partial charge in [0.25, 0.3) is 5.92 Å². The average molecular weight is 294 g/mol. The third kappa shape index (κ3) is 3.00. The molecule has 2 atom stereocenters. The molecule has 1 saturated carbocycles. The van der Waals surface area contributed by atoms with Crippen molar-refractivity contribution in [2.75, 3.05) is 13.1 Å². The summed E-state index contributed by atoms with van der Waals surface area (Å²) in [5.41, 5.74) is -0.393. The molecule has 1 saturated heterocycles. The van der Waals surface area contributed by atoms with Crippen LogP contribution in [0, 0.1) is 5.41 Å². The lowest BCUT2D eigenvalue weighted by atomic mass is 9.74. The van der Waals surface area contributed by atoms with Gasteiger partial charge in [-0.15, -0.1) is 0 Å². The molecule has 2 aliphatic rings. The molecular weight excluding hydrogens is 270 g/mol. The van der Waals surface area contributed by atoms with Crippen LogP contribution < -0.4 is 10.0 Å². The van der Waals surface area contributed by atoms with Crippen LogP contribution in [-0.2, 0) is 11.0 Å². The Kier molecular flexibility index (Phi) is 4.06. The first-order valence-electron chi connectivity index (χ1n) is 6.94. The smallest absolute Gasteiger partial charge is 0.264 e. The number of alkyl halides is 2. The van der Waals surface area contributed by atoms with Crippen LogP contribution in [0.1, 0.15) is 46.5 Å². The molecule has 2 fully saturated rings. The zero-order chi connectivity index (χ0) is 14.3.